The molecule has 2 aromatic carbocycles. The van der Waals surface area contributed by atoms with Crippen molar-refractivity contribution < 1.29 is 26.8 Å². The quantitative estimate of drug-likeness (QED) is 0.494. The van der Waals surface area contributed by atoms with E-state index in [-0.39, 0.29) is 29.6 Å². The lowest BCUT2D eigenvalue weighted by Gasteiger charge is -2.33. The topological polar surface area (TPSA) is 86.8 Å². The molecule has 0 aromatic heterocycles. The molecule has 0 radical (unpaired) electrons. The highest BCUT2D eigenvalue weighted by atomic mass is 35.5. The summed E-state index contributed by atoms with van der Waals surface area (Å²) in [5.74, 6) is -2.23. The molecule has 2 aromatic rings. The SMILES string of the molecule is CCCNC(=O)[C@@H](CC)N(Cc1ccc(F)cc1)C(=O)CN(c1ccc(F)c(Cl)c1)S(C)(=O)=O. The van der Waals surface area contributed by atoms with Crippen LogP contribution in [-0.2, 0) is 26.2 Å². The summed E-state index contributed by atoms with van der Waals surface area (Å²) in [6.07, 6.45) is 1.87. The Kier molecular flexibility index (Phi) is 9.81. The number of anilines is 1. The van der Waals surface area contributed by atoms with Gasteiger partial charge in [0.1, 0.15) is 24.2 Å². The van der Waals surface area contributed by atoms with Crippen LogP contribution in [0.1, 0.15) is 32.3 Å². The van der Waals surface area contributed by atoms with E-state index in [0.29, 0.717) is 18.5 Å². The number of hydrogen-bond donors (Lipinski definition) is 1. The molecule has 2 amide bonds. The van der Waals surface area contributed by atoms with Crippen LogP contribution in [0.4, 0.5) is 14.5 Å². The van der Waals surface area contributed by atoms with Crippen LogP contribution in [0.15, 0.2) is 42.5 Å². The van der Waals surface area contributed by atoms with Gasteiger partial charge >= 0.3 is 0 Å². The second-order valence-corrected chi connectivity index (χ2v) is 10.0. The number of hydrogen-bond acceptors (Lipinski definition) is 4. The number of nitrogens with zero attached hydrogens (tertiary/aromatic N) is 2. The average Bonchev–Trinajstić information content (AvgIpc) is 2.78. The fourth-order valence-electron chi connectivity index (χ4n) is 3.33. The Morgan fingerprint density at radius 1 is 1.09 bits per heavy atom. The number of carbonyl (C=O) groups excluding carboxylic acids is 2. The number of halogens is 3. The van der Waals surface area contributed by atoms with Crippen molar-refractivity contribution in [3.63, 3.8) is 0 Å². The minimum atomic E-state index is -3.97. The Morgan fingerprint density at radius 2 is 1.74 bits per heavy atom. The number of sulfonamides is 1. The maximum Gasteiger partial charge on any atom is 0.244 e. The van der Waals surface area contributed by atoms with Crippen LogP contribution in [0.2, 0.25) is 5.02 Å². The van der Waals surface area contributed by atoms with Gasteiger partial charge < -0.3 is 10.2 Å². The molecule has 0 spiro atoms. The zero-order valence-electron chi connectivity index (χ0n) is 19.2. The monoisotopic (exact) mass is 515 g/mol. The van der Waals surface area contributed by atoms with E-state index in [1.54, 1.807) is 6.92 Å². The summed E-state index contributed by atoms with van der Waals surface area (Å²) in [6, 6.07) is 7.87. The van der Waals surface area contributed by atoms with Gasteiger partial charge in [-0.15, -0.1) is 0 Å². The molecule has 1 N–H and O–H groups in total. The Balaban J connectivity index is 2.43. The first-order valence-electron chi connectivity index (χ1n) is 10.7. The molecule has 2 rings (SSSR count). The number of benzene rings is 2. The summed E-state index contributed by atoms with van der Waals surface area (Å²) >= 11 is 5.81. The van der Waals surface area contributed by atoms with Crippen LogP contribution < -0.4 is 9.62 Å². The van der Waals surface area contributed by atoms with E-state index in [2.05, 4.69) is 5.32 Å². The molecule has 0 heterocycles. The van der Waals surface area contributed by atoms with Gasteiger partial charge in [0.05, 0.1) is 17.0 Å². The van der Waals surface area contributed by atoms with Crippen molar-refractivity contribution >= 4 is 39.1 Å². The third-order valence-electron chi connectivity index (χ3n) is 5.07. The molecular formula is C23H28ClF2N3O4S. The van der Waals surface area contributed by atoms with Crippen LogP contribution in [0.3, 0.4) is 0 Å². The lowest BCUT2D eigenvalue weighted by molar-refractivity contribution is -0.140. The van der Waals surface area contributed by atoms with Crippen molar-refractivity contribution in [1.29, 1.82) is 0 Å². The van der Waals surface area contributed by atoms with Gasteiger partial charge in [-0.2, -0.15) is 0 Å². The molecule has 11 heteroatoms. The number of rotatable bonds is 11. The van der Waals surface area contributed by atoms with Crippen molar-refractivity contribution in [2.45, 2.75) is 39.3 Å². The molecule has 0 saturated carbocycles. The maximum absolute atomic E-state index is 13.6. The molecule has 0 aliphatic rings. The minimum absolute atomic E-state index is 0.00691. The van der Waals surface area contributed by atoms with Gasteiger partial charge in [-0.1, -0.05) is 37.6 Å². The predicted octanol–water partition coefficient (Wildman–Crippen LogP) is 3.72. The number of amides is 2. The molecule has 0 aliphatic carbocycles. The van der Waals surface area contributed by atoms with E-state index in [0.717, 1.165) is 22.7 Å². The summed E-state index contributed by atoms with van der Waals surface area (Å²) in [5, 5.41) is 2.46. The minimum Gasteiger partial charge on any atom is -0.354 e. The van der Waals surface area contributed by atoms with Gasteiger partial charge in [-0.05, 0) is 48.7 Å². The lowest BCUT2D eigenvalue weighted by atomic mass is 10.1. The summed E-state index contributed by atoms with van der Waals surface area (Å²) in [4.78, 5) is 27.5. The Labute approximate surface area is 203 Å². The molecule has 0 unspecified atom stereocenters. The lowest BCUT2D eigenvalue weighted by Crippen LogP contribution is -2.52. The van der Waals surface area contributed by atoms with Crippen molar-refractivity contribution in [2.24, 2.45) is 0 Å². The Bertz CT molecular complexity index is 1110. The highest BCUT2D eigenvalue weighted by Crippen LogP contribution is 2.25. The van der Waals surface area contributed by atoms with E-state index < -0.39 is 40.2 Å². The van der Waals surface area contributed by atoms with Gasteiger partial charge in [0, 0.05) is 13.1 Å². The fraction of sp³-hybridized carbons (Fsp3) is 0.391. The highest BCUT2D eigenvalue weighted by molar-refractivity contribution is 7.92. The zero-order valence-corrected chi connectivity index (χ0v) is 20.8. The smallest absolute Gasteiger partial charge is 0.244 e. The molecule has 0 fully saturated rings. The van der Waals surface area contributed by atoms with Crippen LogP contribution >= 0.6 is 11.6 Å². The summed E-state index contributed by atoms with van der Waals surface area (Å²) < 4.78 is 52.8. The fourth-order valence-corrected chi connectivity index (χ4v) is 4.34. The second-order valence-electron chi connectivity index (χ2n) is 7.73. The van der Waals surface area contributed by atoms with E-state index in [1.165, 1.54) is 35.2 Å². The van der Waals surface area contributed by atoms with Crippen molar-refractivity contribution in [3.05, 3.63) is 64.7 Å². The maximum atomic E-state index is 13.6. The van der Waals surface area contributed by atoms with Gasteiger partial charge in [0.25, 0.3) is 0 Å². The van der Waals surface area contributed by atoms with E-state index in [1.807, 2.05) is 6.92 Å². The first-order chi connectivity index (χ1) is 16.0. The predicted molar refractivity (Wildman–Crippen MR) is 128 cm³/mol. The standard InChI is InChI=1S/C23H28ClF2N3O4S/c1-4-12-27-23(31)21(5-2)28(14-16-6-8-17(25)9-7-16)22(30)15-29(34(3,32)33)18-10-11-20(26)19(24)13-18/h6-11,13,21H,4-5,12,14-15H2,1-3H3,(H,27,31)/t21-/m1/s1. The van der Waals surface area contributed by atoms with Crippen molar-refractivity contribution in [1.82, 2.24) is 10.2 Å². The van der Waals surface area contributed by atoms with Gasteiger partial charge in [0.2, 0.25) is 21.8 Å². The molecular weight excluding hydrogens is 488 g/mol. The molecule has 0 aliphatic heterocycles. The van der Waals surface area contributed by atoms with E-state index >= 15 is 0 Å². The second kappa shape index (κ2) is 12.1. The van der Waals surface area contributed by atoms with Crippen molar-refractivity contribution in [3.8, 4) is 0 Å². The third kappa shape index (κ3) is 7.39. The van der Waals surface area contributed by atoms with Crippen LogP contribution in [0, 0.1) is 11.6 Å². The van der Waals surface area contributed by atoms with Crippen molar-refractivity contribution in [2.75, 3.05) is 23.7 Å². The van der Waals surface area contributed by atoms with E-state index in [9.17, 15) is 26.8 Å². The van der Waals surface area contributed by atoms with Crippen LogP contribution in [-0.4, -0.2) is 50.5 Å². The van der Waals surface area contributed by atoms with Gasteiger partial charge in [0.15, 0.2) is 0 Å². The van der Waals surface area contributed by atoms with Gasteiger partial charge in [-0.3, -0.25) is 13.9 Å². The zero-order chi connectivity index (χ0) is 25.5. The van der Waals surface area contributed by atoms with Gasteiger partial charge in [-0.25, -0.2) is 17.2 Å². The average molecular weight is 516 g/mol. The Morgan fingerprint density at radius 3 is 2.26 bits per heavy atom. The molecule has 1 atom stereocenters. The third-order valence-corrected chi connectivity index (χ3v) is 6.50. The number of carbonyl (C=O) groups is 2. The molecule has 34 heavy (non-hydrogen) atoms. The number of nitrogens with one attached hydrogen (secondary N) is 1. The first-order valence-corrected chi connectivity index (χ1v) is 12.9. The molecule has 186 valence electrons. The Hall–Kier alpha value is -2.72. The normalized spacial score (nSPS) is 12.2. The summed E-state index contributed by atoms with van der Waals surface area (Å²) in [6.45, 7) is 3.35. The van der Waals surface area contributed by atoms with Crippen LogP contribution in [0.25, 0.3) is 0 Å². The van der Waals surface area contributed by atoms with E-state index in [4.69, 9.17) is 11.6 Å². The largest absolute Gasteiger partial charge is 0.354 e. The first kappa shape index (κ1) is 27.5. The summed E-state index contributed by atoms with van der Waals surface area (Å²) in [7, 11) is -3.97. The molecule has 0 saturated heterocycles. The summed E-state index contributed by atoms with van der Waals surface area (Å²) in [5.41, 5.74) is 0.569. The van der Waals surface area contributed by atoms with Crippen LogP contribution in [0.5, 0.6) is 0 Å². The highest BCUT2D eigenvalue weighted by Gasteiger charge is 2.31. The molecule has 0 bridgehead atoms. The molecule has 7 nitrogen and oxygen atoms in total.